The second-order valence-corrected chi connectivity index (χ2v) is 8.03. The van der Waals surface area contributed by atoms with E-state index in [-0.39, 0.29) is 11.8 Å². The van der Waals surface area contributed by atoms with Gasteiger partial charge in [0.25, 0.3) is 5.91 Å². The Morgan fingerprint density at radius 3 is 2.42 bits per heavy atom. The maximum atomic E-state index is 12.9. The zero-order valence-electron chi connectivity index (χ0n) is 19.4. The molecule has 1 aromatic carbocycles. The number of hydrogen-bond donors (Lipinski definition) is 0. The number of likely N-dealkylation sites (tertiary alicyclic amines) is 1. The number of rotatable bonds is 7. The van der Waals surface area contributed by atoms with Gasteiger partial charge in [0.2, 0.25) is 0 Å². The minimum absolute atomic E-state index is 0.0582. The van der Waals surface area contributed by atoms with Gasteiger partial charge in [-0.25, -0.2) is 15.0 Å². The standard InChI is InChI=1S/C25H30N6O2/c1-4-30(5-2)23-16-21(28-24(29-23)22-17-26-12-13-27-22)18-10-14-31(15-11-18)25(32)19-6-8-20(33-3)9-7-19/h6-9,12-13,16-18H,4-5,10-11,14-15H2,1-3H3. The van der Waals surface area contributed by atoms with Gasteiger partial charge in [-0.05, 0) is 51.0 Å². The summed E-state index contributed by atoms with van der Waals surface area (Å²) in [6.07, 6.45) is 6.72. The van der Waals surface area contributed by atoms with Crippen LogP contribution in [0.5, 0.6) is 5.75 Å². The van der Waals surface area contributed by atoms with Crippen LogP contribution in [0.4, 0.5) is 5.82 Å². The van der Waals surface area contributed by atoms with E-state index >= 15 is 0 Å². The molecule has 3 aromatic rings. The predicted molar refractivity (Wildman–Crippen MR) is 127 cm³/mol. The van der Waals surface area contributed by atoms with Crippen LogP contribution in [-0.2, 0) is 0 Å². The molecule has 172 valence electrons. The molecule has 0 atom stereocenters. The van der Waals surface area contributed by atoms with Crippen LogP contribution >= 0.6 is 0 Å². The third-order valence-electron chi connectivity index (χ3n) is 6.15. The van der Waals surface area contributed by atoms with Crippen LogP contribution in [0.3, 0.4) is 0 Å². The van der Waals surface area contributed by atoms with Crippen molar-refractivity contribution in [1.29, 1.82) is 0 Å². The predicted octanol–water partition coefficient (Wildman–Crippen LogP) is 3.81. The van der Waals surface area contributed by atoms with Gasteiger partial charge in [0.05, 0.1) is 13.3 Å². The molecule has 0 bridgehead atoms. The number of amides is 1. The van der Waals surface area contributed by atoms with Crippen molar-refractivity contribution in [2.75, 3.05) is 38.2 Å². The van der Waals surface area contributed by atoms with Crippen molar-refractivity contribution in [1.82, 2.24) is 24.8 Å². The quantitative estimate of drug-likeness (QED) is 0.546. The molecule has 2 aromatic heterocycles. The summed E-state index contributed by atoms with van der Waals surface area (Å²) in [6, 6.07) is 9.38. The number of aromatic nitrogens is 4. The summed E-state index contributed by atoms with van der Waals surface area (Å²) in [7, 11) is 1.62. The van der Waals surface area contributed by atoms with Crippen LogP contribution < -0.4 is 9.64 Å². The highest BCUT2D eigenvalue weighted by Gasteiger charge is 2.27. The first-order chi connectivity index (χ1) is 16.1. The molecule has 1 fully saturated rings. The van der Waals surface area contributed by atoms with Gasteiger partial charge in [0.15, 0.2) is 5.82 Å². The van der Waals surface area contributed by atoms with Crippen molar-refractivity contribution >= 4 is 11.7 Å². The minimum Gasteiger partial charge on any atom is -0.497 e. The lowest BCUT2D eigenvalue weighted by Crippen LogP contribution is -2.38. The molecule has 4 rings (SSSR count). The Labute approximate surface area is 194 Å². The lowest BCUT2D eigenvalue weighted by atomic mass is 9.92. The molecule has 3 heterocycles. The molecule has 33 heavy (non-hydrogen) atoms. The molecular formula is C25H30N6O2. The number of hydrogen-bond acceptors (Lipinski definition) is 7. The number of nitrogens with zero attached hydrogens (tertiary/aromatic N) is 6. The van der Waals surface area contributed by atoms with E-state index in [2.05, 4.69) is 34.8 Å². The minimum atomic E-state index is 0.0582. The van der Waals surface area contributed by atoms with Crippen molar-refractivity contribution in [3.8, 4) is 17.3 Å². The van der Waals surface area contributed by atoms with E-state index in [1.807, 2.05) is 29.2 Å². The Bertz CT molecular complexity index is 1060. The monoisotopic (exact) mass is 446 g/mol. The maximum Gasteiger partial charge on any atom is 0.253 e. The molecule has 8 nitrogen and oxygen atoms in total. The zero-order valence-corrected chi connectivity index (χ0v) is 19.4. The Balaban J connectivity index is 1.53. The highest BCUT2D eigenvalue weighted by atomic mass is 16.5. The second-order valence-electron chi connectivity index (χ2n) is 8.03. The highest BCUT2D eigenvalue weighted by Crippen LogP contribution is 2.31. The van der Waals surface area contributed by atoms with Crippen LogP contribution in [0, 0.1) is 0 Å². The van der Waals surface area contributed by atoms with Crippen molar-refractivity contribution in [3.05, 3.63) is 60.2 Å². The summed E-state index contributed by atoms with van der Waals surface area (Å²) in [5.41, 5.74) is 2.36. The van der Waals surface area contributed by atoms with Crippen LogP contribution in [0.15, 0.2) is 48.9 Å². The molecule has 0 saturated carbocycles. The fourth-order valence-corrected chi connectivity index (χ4v) is 4.19. The fourth-order valence-electron chi connectivity index (χ4n) is 4.19. The van der Waals surface area contributed by atoms with Crippen molar-refractivity contribution in [2.24, 2.45) is 0 Å². The molecule has 8 heteroatoms. The number of anilines is 1. The lowest BCUT2D eigenvalue weighted by molar-refractivity contribution is 0.0712. The summed E-state index contributed by atoms with van der Waals surface area (Å²) in [5, 5.41) is 0. The van der Waals surface area contributed by atoms with Gasteiger partial charge < -0.3 is 14.5 Å². The Morgan fingerprint density at radius 1 is 1.09 bits per heavy atom. The Morgan fingerprint density at radius 2 is 1.82 bits per heavy atom. The SMILES string of the molecule is CCN(CC)c1cc(C2CCN(C(=O)c3ccc(OC)cc3)CC2)nc(-c2cnccn2)n1. The molecule has 0 spiro atoms. The summed E-state index contributed by atoms with van der Waals surface area (Å²) in [4.78, 5) is 35.3. The third kappa shape index (κ3) is 5.10. The van der Waals surface area contributed by atoms with Gasteiger partial charge in [0, 0.05) is 61.8 Å². The largest absolute Gasteiger partial charge is 0.497 e. The van der Waals surface area contributed by atoms with Gasteiger partial charge >= 0.3 is 0 Å². The van der Waals surface area contributed by atoms with E-state index in [9.17, 15) is 4.79 Å². The first-order valence-electron chi connectivity index (χ1n) is 11.5. The summed E-state index contributed by atoms with van der Waals surface area (Å²) >= 11 is 0. The van der Waals surface area contributed by atoms with E-state index in [0.29, 0.717) is 30.2 Å². The zero-order chi connectivity index (χ0) is 23.2. The van der Waals surface area contributed by atoms with E-state index in [1.54, 1.807) is 25.7 Å². The van der Waals surface area contributed by atoms with Gasteiger partial charge in [-0.1, -0.05) is 0 Å². The van der Waals surface area contributed by atoms with E-state index in [4.69, 9.17) is 14.7 Å². The van der Waals surface area contributed by atoms with Crippen molar-refractivity contribution in [2.45, 2.75) is 32.6 Å². The number of carbonyl (C=O) groups is 1. The molecule has 0 unspecified atom stereocenters. The van der Waals surface area contributed by atoms with Crippen molar-refractivity contribution in [3.63, 3.8) is 0 Å². The normalized spacial score (nSPS) is 14.2. The number of carbonyl (C=O) groups excluding carboxylic acids is 1. The van der Waals surface area contributed by atoms with Crippen molar-refractivity contribution < 1.29 is 9.53 Å². The van der Waals surface area contributed by atoms with E-state index in [0.717, 1.165) is 43.2 Å². The number of ether oxygens (including phenoxy) is 1. The highest BCUT2D eigenvalue weighted by molar-refractivity contribution is 5.94. The smallest absolute Gasteiger partial charge is 0.253 e. The molecule has 1 aliphatic heterocycles. The van der Waals surface area contributed by atoms with E-state index in [1.165, 1.54) is 0 Å². The van der Waals surface area contributed by atoms with Gasteiger partial charge in [0.1, 0.15) is 17.3 Å². The summed E-state index contributed by atoms with van der Waals surface area (Å²) < 4.78 is 5.19. The third-order valence-corrected chi connectivity index (χ3v) is 6.15. The molecular weight excluding hydrogens is 416 g/mol. The first kappa shape index (κ1) is 22.6. The average Bonchev–Trinajstić information content (AvgIpc) is 2.89. The molecule has 1 amide bonds. The Kier molecular flexibility index (Phi) is 7.12. The maximum absolute atomic E-state index is 12.9. The first-order valence-corrected chi connectivity index (χ1v) is 11.5. The molecule has 1 saturated heterocycles. The van der Waals surface area contributed by atoms with Gasteiger partial charge in [-0.15, -0.1) is 0 Å². The topological polar surface area (TPSA) is 84.3 Å². The molecule has 0 radical (unpaired) electrons. The summed E-state index contributed by atoms with van der Waals surface area (Å²) in [5.74, 6) is 2.57. The lowest BCUT2D eigenvalue weighted by Gasteiger charge is -2.32. The van der Waals surface area contributed by atoms with Crippen LogP contribution in [0.1, 0.15) is 48.7 Å². The van der Waals surface area contributed by atoms with Gasteiger partial charge in [-0.2, -0.15) is 0 Å². The Hall–Kier alpha value is -3.55. The summed E-state index contributed by atoms with van der Waals surface area (Å²) in [6.45, 7) is 7.36. The number of benzene rings is 1. The molecule has 1 aliphatic rings. The van der Waals surface area contributed by atoms with E-state index < -0.39 is 0 Å². The fraction of sp³-hybridized carbons (Fsp3) is 0.400. The molecule has 0 aliphatic carbocycles. The molecule has 0 N–H and O–H groups in total. The number of methoxy groups -OCH3 is 1. The van der Waals surface area contributed by atoms with Crippen LogP contribution in [0.2, 0.25) is 0 Å². The number of piperidine rings is 1. The van der Waals surface area contributed by atoms with Crippen LogP contribution in [-0.4, -0.2) is 64.0 Å². The average molecular weight is 447 g/mol. The van der Waals surface area contributed by atoms with Gasteiger partial charge in [-0.3, -0.25) is 9.78 Å². The second kappa shape index (κ2) is 10.4. The van der Waals surface area contributed by atoms with Crippen LogP contribution in [0.25, 0.3) is 11.5 Å².